The van der Waals surface area contributed by atoms with Crippen molar-refractivity contribution in [3.05, 3.63) is 41.8 Å². The first kappa shape index (κ1) is 12.2. The predicted octanol–water partition coefficient (Wildman–Crippen LogP) is 2.90. The largest absolute Gasteiger partial charge is 0.461 e. The minimum atomic E-state index is -0.488. The molecule has 2 aromatic rings. The lowest BCUT2D eigenvalue weighted by Gasteiger charge is -2.01. The van der Waals surface area contributed by atoms with E-state index in [9.17, 15) is 4.79 Å². The molecule has 1 aromatic heterocycles. The summed E-state index contributed by atoms with van der Waals surface area (Å²) in [5.74, 6) is -0.488. The van der Waals surface area contributed by atoms with Gasteiger partial charge in [-0.05, 0) is 26.0 Å². The number of nitrogens with zero attached hydrogens (tertiary/aromatic N) is 1. The molecular weight excluding hydrogens is 232 g/mol. The standard InChI is InChI=1S/C13H14N2O3/c1-3-17-12(16)11-8-18-13(15-11)14-10-6-4-9(2)5-7-10/h4-8H,3H2,1-2H3,(H,14,15). The highest BCUT2D eigenvalue weighted by Crippen LogP contribution is 2.16. The molecule has 5 heteroatoms. The SMILES string of the molecule is CCOC(=O)c1coc(Nc2ccc(C)cc2)n1. The number of benzene rings is 1. The van der Waals surface area contributed by atoms with Gasteiger partial charge >= 0.3 is 5.97 Å². The van der Waals surface area contributed by atoms with Crippen LogP contribution in [0, 0.1) is 6.92 Å². The van der Waals surface area contributed by atoms with Crippen molar-refractivity contribution in [1.82, 2.24) is 4.98 Å². The van der Waals surface area contributed by atoms with Gasteiger partial charge in [0.15, 0.2) is 5.69 Å². The van der Waals surface area contributed by atoms with Gasteiger partial charge in [0.1, 0.15) is 6.26 Å². The molecule has 5 nitrogen and oxygen atoms in total. The van der Waals surface area contributed by atoms with Crippen molar-refractivity contribution in [2.75, 3.05) is 11.9 Å². The lowest BCUT2D eigenvalue weighted by atomic mass is 10.2. The second-order valence-electron chi connectivity index (χ2n) is 3.75. The van der Waals surface area contributed by atoms with E-state index in [2.05, 4.69) is 10.3 Å². The van der Waals surface area contributed by atoms with Crippen molar-refractivity contribution < 1.29 is 13.9 Å². The zero-order valence-electron chi connectivity index (χ0n) is 10.3. The molecule has 0 aliphatic rings. The van der Waals surface area contributed by atoms with Crippen molar-refractivity contribution in [1.29, 1.82) is 0 Å². The van der Waals surface area contributed by atoms with E-state index in [1.165, 1.54) is 11.8 Å². The molecule has 18 heavy (non-hydrogen) atoms. The summed E-state index contributed by atoms with van der Waals surface area (Å²) in [7, 11) is 0. The van der Waals surface area contributed by atoms with Crippen molar-refractivity contribution in [3.63, 3.8) is 0 Å². The summed E-state index contributed by atoms with van der Waals surface area (Å²) < 4.78 is 9.96. The highest BCUT2D eigenvalue weighted by Gasteiger charge is 2.12. The van der Waals surface area contributed by atoms with Gasteiger partial charge in [-0.2, -0.15) is 4.98 Å². The van der Waals surface area contributed by atoms with E-state index in [0.717, 1.165) is 5.69 Å². The molecule has 0 bridgehead atoms. The number of carbonyl (C=O) groups excluding carboxylic acids is 1. The Hall–Kier alpha value is -2.30. The zero-order chi connectivity index (χ0) is 13.0. The van der Waals surface area contributed by atoms with Gasteiger partial charge in [-0.1, -0.05) is 17.7 Å². The number of oxazole rings is 1. The molecule has 2 rings (SSSR count). The second kappa shape index (κ2) is 5.35. The zero-order valence-corrected chi connectivity index (χ0v) is 10.3. The lowest BCUT2D eigenvalue weighted by Crippen LogP contribution is -2.04. The fourth-order valence-corrected chi connectivity index (χ4v) is 1.39. The molecule has 1 aromatic carbocycles. The smallest absolute Gasteiger partial charge is 0.360 e. The number of hydrogen-bond acceptors (Lipinski definition) is 5. The highest BCUT2D eigenvalue weighted by molar-refractivity contribution is 5.87. The Balaban J connectivity index is 2.06. The Morgan fingerprint density at radius 2 is 2.11 bits per heavy atom. The van der Waals surface area contributed by atoms with Crippen LogP contribution in [0.4, 0.5) is 11.7 Å². The topological polar surface area (TPSA) is 64.4 Å². The summed E-state index contributed by atoms with van der Waals surface area (Å²) in [5, 5.41) is 2.96. The van der Waals surface area contributed by atoms with Crippen molar-refractivity contribution in [2.24, 2.45) is 0 Å². The summed E-state index contributed by atoms with van der Waals surface area (Å²) >= 11 is 0. The van der Waals surface area contributed by atoms with E-state index in [1.54, 1.807) is 6.92 Å². The summed E-state index contributed by atoms with van der Waals surface area (Å²) in [6.07, 6.45) is 1.27. The minimum Gasteiger partial charge on any atom is -0.461 e. The van der Waals surface area contributed by atoms with Crippen LogP contribution < -0.4 is 5.32 Å². The summed E-state index contributed by atoms with van der Waals surface area (Å²) in [6.45, 7) is 4.06. The molecule has 0 fully saturated rings. The average molecular weight is 246 g/mol. The van der Waals surface area contributed by atoms with Gasteiger partial charge in [0.25, 0.3) is 6.01 Å². The van der Waals surface area contributed by atoms with Gasteiger partial charge < -0.3 is 14.5 Å². The third kappa shape index (κ3) is 2.88. The molecular formula is C13H14N2O3. The van der Waals surface area contributed by atoms with Crippen molar-refractivity contribution in [3.8, 4) is 0 Å². The number of nitrogens with one attached hydrogen (secondary N) is 1. The maximum absolute atomic E-state index is 11.4. The van der Waals surface area contributed by atoms with E-state index in [-0.39, 0.29) is 11.7 Å². The molecule has 0 saturated carbocycles. The molecule has 0 amide bonds. The number of ether oxygens (including phenoxy) is 1. The Kier molecular flexibility index (Phi) is 3.62. The molecule has 0 saturated heterocycles. The van der Waals surface area contributed by atoms with E-state index < -0.39 is 5.97 Å². The quantitative estimate of drug-likeness (QED) is 0.840. The summed E-state index contributed by atoms with van der Waals surface area (Å²) in [6, 6.07) is 8.02. The first-order chi connectivity index (χ1) is 8.69. The second-order valence-corrected chi connectivity index (χ2v) is 3.75. The Labute approximate surface area is 105 Å². The van der Waals surface area contributed by atoms with Crippen molar-refractivity contribution >= 4 is 17.7 Å². The van der Waals surface area contributed by atoms with E-state index in [4.69, 9.17) is 9.15 Å². The maximum atomic E-state index is 11.4. The van der Waals surface area contributed by atoms with Crippen LogP contribution >= 0.6 is 0 Å². The van der Waals surface area contributed by atoms with Gasteiger partial charge in [0.05, 0.1) is 6.61 Å². The van der Waals surface area contributed by atoms with Crippen LogP contribution in [0.1, 0.15) is 23.0 Å². The Bertz CT molecular complexity index is 531. The molecule has 0 aliphatic carbocycles. The molecule has 0 spiro atoms. The third-order valence-corrected chi connectivity index (χ3v) is 2.29. The predicted molar refractivity (Wildman–Crippen MR) is 66.9 cm³/mol. The number of anilines is 2. The van der Waals surface area contributed by atoms with E-state index >= 15 is 0 Å². The molecule has 0 atom stereocenters. The van der Waals surface area contributed by atoms with Crippen molar-refractivity contribution in [2.45, 2.75) is 13.8 Å². The number of hydrogen-bond donors (Lipinski definition) is 1. The van der Waals surface area contributed by atoms with Crippen LogP contribution in [0.2, 0.25) is 0 Å². The van der Waals surface area contributed by atoms with Crippen LogP contribution in [0.5, 0.6) is 0 Å². The Morgan fingerprint density at radius 3 is 2.78 bits per heavy atom. The van der Waals surface area contributed by atoms with Crippen LogP contribution in [-0.4, -0.2) is 17.6 Å². The monoisotopic (exact) mass is 246 g/mol. The molecule has 1 heterocycles. The normalized spacial score (nSPS) is 10.1. The van der Waals surface area contributed by atoms with Crippen LogP contribution in [-0.2, 0) is 4.74 Å². The molecule has 94 valence electrons. The van der Waals surface area contributed by atoms with E-state index in [0.29, 0.717) is 6.61 Å². The van der Waals surface area contributed by atoms with Crippen LogP contribution in [0.3, 0.4) is 0 Å². The van der Waals surface area contributed by atoms with E-state index in [1.807, 2.05) is 31.2 Å². The van der Waals surface area contributed by atoms with Gasteiger partial charge in [0, 0.05) is 5.69 Å². The molecule has 0 radical (unpaired) electrons. The summed E-state index contributed by atoms with van der Waals surface area (Å²) in [4.78, 5) is 15.4. The minimum absolute atomic E-state index is 0.159. The van der Waals surface area contributed by atoms with Gasteiger partial charge in [-0.15, -0.1) is 0 Å². The first-order valence-corrected chi connectivity index (χ1v) is 5.65. The molecule has 0 aliphatic heterocycles. The Morgan fingerprint density at radius 1 is 1.39 bits per heavy atom. The van der Waals surface area contributed by atoms with Gasteiger partial charge in [-0.25, -0.2) is 4.79 Å². The number of rotatable bonds is 4. The summed E-state index contributed by atoms with van der Waals surface area (Å²) in [5.41, 5.74) is 2.17. The van der Waals surface area contributed by atoms with Gasteiger partial charge in [-0.3, -0.25) is 0 Å². The maximum Gasteiger partial charge on any atom is 0.360 e. The van der Waals surface area contributed by atoms with Gasteiger partial charge in [0.2, 0.25) is 0 Å². The number of carbonyl (C=O) groups is 1. The number of esters is 1. The lowest BCUT2D eigenvalue weighted by molar-refractivity contribution is 0.0519. The first-order valence-electron chi connectivity index (χ1n) is 5.65. The molecule has 0 unspecified atom stereocenters. The third-order valence-electron chi connectivity index (χ3n) is 2.29. The van der Waals surface area contributed by atoms with Crippen LogP contribution in [0.25, 0.3) is 0 Å². The number of aryl methyl sites for hydroxylation is 1. The number of aromatic nitrogens is 1. The average Bonchev–Trinajstić information content (AvgIpc) is 2.81. The fourth-order valence-electron chi connectivity index (χ4n) is 1.39. The fraction of sp³-hybridized carbons (Fsp3) is 0.231. The van der Waals surface area contributed by atoms with Crippen LogP contribution in [0.15, 0.2) is 34.9 Å². The molecule has 1 N–H and O–H groups in total. The highest BCUT2D eigenvalue weighted by atomic mass is 16.5.